The normalized spacial score (nSPS) is 24.7. The first-order chi connectivity index (χ1) is 7.28. The van der Waals surface area contributed by atoms with Crippen LogP contribution in [0, 0.1) is 5.82 Å². The summed E-state index contributed by atoms with van der Waals surface area (Å²) in [6.45, 7) is 3.10. The second kappa shape index (κ2) is 4.62. The van der Waals surface area contributed by atoms with E-state index < -0.39 is 0 Å². The summed E-state index contributed by atoms with van der Waals surface area (Å²) in [5, 5.41) is 3.36. The molecule has 1 N–H and O–H groups in total. The monoisotopic (exact) mass is 209 g/mol. The van der Waals surface area contributed by atoms with Crippen molar-refractivity contribution in [2.45, 2.75) is 31.9 Å². The number of hydrogen-bond acceptors (Lipinski definition) is 2. The second-order valence-electron chi connectivity index (χ2n) is 3.92. The fraction of sp³-hybridized carbons (Fsp3) is 0.500. The molecule has 15 heavy (non-hydrogen) atoms. The molecule has 1 fully saturated rings. The van der Waals surface area contributed by atoms with E-state index in [0.29, 0.717) is 11.8 Å². The molecule has 0 bridgehead atoms. The average Bonchev–Trinajstić information content (AvgIpc) is 2.15. The maximum Gasteiger partial charge on any atom is 0.126 e. The van der Waals surface area contributed by atoms with Gasteiger partial charge in [-0.05, 0) is 31.5 Å². The molecule has 2 nitrogen and oxygen atoms in total. The first kappa shape index (κ1) is 10.4. The Morgan fingerprint density at radius 2 is 2.27 bits per heavy atom. The van der Waals surface area contributed by atoms with Crippen LogP contribution in [-0.2, 0) is 0 Å². The van der Waals surface area contributed by atoms with Crippen molar-refractivity contribution >= 4 is 0 Å². The van der Waals surface area contributed by atoms with Crippen LogP contribution in [0.5, 0.6) is 5.75 Å². The van der Waals surface area contributed by atoms with Crippen molar-refractivity contribution in [1.29, 1.82) is 0 Å². The third-order valence-corrected chi connectivity index (χ3v) is 2.69. The Hall–Kier alpha value is -1.09. The predicted octanol–water partition coefficient (Wildman–Crippen LogP) is 2.35. The summed E-state index contributed by atoms with van der Waals surface area (Å²) < 4.78 is 18.5. The Morgan fingerprint density at radius 1 is 1.47 bits per heavy atom. The van der Waals surface area contributed by atoms with Crippen LogP contribution in [-0.4, -0.2) is 18.7 Å². The van der Waals surface area contributed by atoms with E-state index in [4.69, 9.17) is 4.74 Å². The smallest absolute Gasteiger partial charge is 0.126 e. The van der Waals surface area contributed by atoms with E-state index in [1.54, 1.807) is 12.1 Å². The van der Waals surface area contributed by atoms with Crippen molar-refractivity contribution in [3.63, 3.8) is 0 Å². The lowest BCUT2D eigenvalue weighted by molar-refractivity contribution is 0.0856. The van der Waals surface area contributed by atoms with Gasteiger partial charge in [-0.15, -0.1) is 0 Å². The molecule has 1 aromatic rings. The van der Waals surface area contributed by atoms with Gasteiger partial charge in [0.05, 0.1) is 0 Å². The molecule has 0 radical (unpaired) electrons. The molecule has 0 aliphatic heterocycles. The third kappa shape index (κ3) is 2.69. The summed E-state index contributed by atoms with van der Waals surface area (Å²) in [7, 11) is 0. The lowest BCUT2D eigenvalue weighted by Crippen LogP contribution is -2.46. The van der Waals surface area contributed by atoms with E-state index in [2.05, 4.69) is 12.2 Å². The highest BCUT2D eigenvalue weighted by Gasteiger charge is 2.29. The van der Waals surface area contributed by atoms with Crippen LogP contribution in [0.25, 0.3) is 0 Å². The molecule has 3 heteroatoms. The van der Waals surface area contributed by atoms with Gasteiger partial charge >= 0.3 is 0 Å². The van der Waals surface area contributed by atoms with Crippen LogP contribution in [0.1, 0.15) is 19.8 Å². The fourth-order valence-electron chi connectivity index (χ4n) is 1.85. The van der Waals surface area contributed by atoms with Gasteiger partial charge in [-0.25, -0.2) is 4.39 Å². The zero-order chi connectivity index (χ0) is 10.7. The van der Waals surface area contributed by atoms with Crippen LogP contribution in [0.3, 0.4) is 0 Å². The van der Waals surface area contributed by atoms with Gasteiger partial charge in [0.25, 0.3) is 0 Å². The van der Waals surface area contributed by atoms with E-state index in [1.807, 2.05) is 0 Å². The van der Waals surface area contributed by atoms with Gasteiger partial charge in [-0.3, -0.25) is 0 Å². The maximum atomic E-state index is 12.8. The minimum atomic E-state index is -0.241. The van der Waals surface area contributed by atoms with Crippen molar-refractivity contribution in [1.82, 2.24) is 5.32 Å². The van der Waals surface area contributed by atoms with E-state index in [1.165, 1.54) is 12.1 Å². The van der Waals surface area contributed by atoms with Gasteiger partial charge in [-0.2, -0.15) is 0 Å². The summed E-state index contributed by atoms with van der Waals surface area (Å²) in [5.74, 6) is 0.394. The zero-order valence-corrected chi connectivity index (χ0v) is 8.87. The molecular formula is C12H16FNO. The largest absolute Gasteiger partial charge is 0.490 e. The fourth-order valence-corrected chi connectivity index (χ4v) is 1.85. The number of benzene rings is 1. The SMILES string of the molecule is CCNC1CC(Oc2cccc(F)c2)C1. The van der Waals surface area contributed by atoms with Gasteiger partial charge in [0.2, 0.25) is 0 Å². The Bertz CT molecular complexity index is 323. The molecule has 0 heterocycles. The van der Waals surface area contributed by atoms with Crippen molar-refractivity contribution in [2.75, 3.05) is 6.54 Å². The van der Waals surface area contributed by atoms with Crippen molar-refractivity contribution in [2.24, 2.45) is 0 Å². The van der Waals surface area contributed by atoms with Crippen molar-refractivity contribution in [3.05, 3.63) is 30.1 Å². The Morgan fingerprint density at radius 3 is 2.93 bits per heavy atom. The summed E-state index contributed by atoms with van der Waals surface area (Å²) in [4.78, 5) is 0. The minimum absolute atomic E-state index is 0.241. The standard InChI is InChI=1S/C12H16FNO/c1-2-14-10-7-12(8-10)15-11-5-3-4-9(13)6-11/h3-6,10,12,14H,2,7-8H2,1H3. The third-order valence-electron chi connectivity index (χ3n) is 2.69. The average molecular weight is 209 g/mol. The first-order valence-corrected chi connectivity index (χ1v) is 5.43. The summed E-state index contributed by atoms with van der Waals surface area (Å²) >= 11 is 0. The highest BCUT2D eigenvalue weighted by Crippen LogP contribution is 2.26. The van der Waals surface area contributed by atoms with Crippen molar-refractivity contribution < 1.29 is 9.13 Å². The molecule has 1 aromatic carbocycles. The molecule has 0 atom stereocenters. The quantitative estimate of drug-likeness (QED) is 0.821. The maximum absolute atomic E-state index is 12.8. The molecule has 0 saturated heterocycles. The topological polar surface area (TPSA) is 21.3 Å². The summed E-state index contributed by atoms with van der Waals surface area (Å²) in [6.07, 6.45) is 2.28. The Balaban J connectivity index is 1.80. The molecule has 1 aliphatic carbocycles. The van der Waals surface area contributed by atoms with Crippen LogP contribution >= 0.6 is 0 Å². The molecule has 1 saturated carbocycles. The second-order valence-corrected chi connectivity index (χ2v) is 3.92. The molecule has 0 unspecified atom stereocenters. The Kier molecular flexibility index (Phi) is 3.21. The number of hydrogen-bond donors (Lipinski definition) is 1. The molecule has 82 valence electrons. The minimum Gasteiger partial charge on any atom is -0.490 e. The van der Waals surface area contributed by atoms with Gasteiger partial charge in [-0.1, -0.05) is 13.0 Å². The van der Waals surface area contributed by atoms with Gasteiger partial charge in [0, 0.05) is 12.1 Å². The summed E-state index contributed by atoms with van der Waals surface area (Å²) in [5.41, 5.74) is 0. The molecule has 0 aromatic heterocycles. The van der Waals surface area contributed by atoms with Gasteiger partial charge in [0.1, 0.15) is 17.7 Å². The van der Waals surface area contributed by atoms with E-state index in [-0.39, 0.29) is 11.9 Å². The molecule has 2 rings (SSSR count). The first-order valence-electron chi connectivity index (χ1n) is 5.43. The van der Waals surface area contributed by atoms with Crippen LogP contribution < -0.4 is 10.1 Å². The van der Waals surface area contributed by atoms with Crippen LogP contribution in [0.2, 0.25) is 0 Å². The molecular weight excluding hydrogens is 193 g/mol. The molecule has 1 aliphatic rings. The number of ether oxygens (including phenoxy) is 1. The highest BCUT2D eigenvalue weighted by atomic mass is 19.1. The lowest BCUT2D eigenvalue weighted by atomic mass is 9.89. The summed E-state index contributed by atoms with van der Waals surface area (Å²) in [6, 6.07) is 6.90. The Labute approximate surface area is 89.4 Å². The zero-order valence-electron chi connectivity index (χ0n) is 8.87. The van der Waals surface area contributed by atoms with Gasteiger partial charge < -0.3 is 10.1 Å². The number of halogens is 1. The highest BCUT2D eigenvalue weighted by molar-refractivity contribution is 5.23. The van der Waals surface area contributed by atoms with Crippen molar-refractivity contribution in [3.8, 4) is 5.75 Å². The molecule has 0 amide bonds. The number of nitrogens with one attached hydrogen (secondary N) is 1. The van der Waals surface area contributed by atoms with Crippen LogP contribution in [0.15, 0.2) is 24.3 Å². The van der Waals surface area contributed by atoms with Crippen LogP contribution in [0.4, 0.5) is 4.39 Å². The van der Waals surface area contributed by atoms with Gasteiger partial charge in [0.15, 0.2) is 0 Å². The molecule has 0 spiro atoms. The van der Waals surface area contributed by atoms with E-state index in [9.17, 15) is 4.39 Å². The lowest BCUT2D eigenvalue weighted by Gasteiger charge is -2.35. The van der Waals surface area contributed by atoms with E-state index in [0.717, 1.165) is 19.4 Å². The van der Waals surface area contributed by atoms with E-state index >= 15 is 0 Å². The number of rotatable bonds is 4. The predicted molar refractivity (Wildman–Crippen MR) is 57.5 cm³/mol.